The first-order valence-corrected chi connectivity index (χ1v) is 17.0. The SMILES string of the molecule is CCc1nc(C(N)=O)c(Nc2ccc(N3CCC(N4CCN(C)CC4)CC3)cc2)nc1N[C@@H]1CCCC[C@@H]1NC(=O)OC(C)(C)C. The molecule has 3 aliphatic rings. The minimum absolute atomic E-state index is 0.0622. The summed E-state index contributed by atoms with van der Waals surface area (Å²) >= 11 is 0. The predicted octanol–water partition coefficient (Wildman–Crippen LogP) is 4.35. The van der Waals surface area contributed by atoms with E-state index in [0.29, 0.717) is 29.8 Å². The molecule has 12 nitrogen and oxygen atoms in total. The molecule has 0 spiro atoms. The van der Waals surface area contributed by atoms with Gasteiger partial charge in [0, 0.05) is 62.7 Å². The van der Waals surface area contributed by atoms with Gasteiger partial charge in [0.1, 0.15) is 5.60 Å². The fourth-order valence-corrected chi connectivity index (χ4v) is 6.77. The maximum absolute atomic E-state index is 12.6. The van der Waals surface area contributed by atoms with Crippen molar-refractivity contribution in [1.82, 2.24) is 25.1 Å². The zero-order valence-corrected chi connectivity index (χ0v) is 28.3. The summed E-state index contributed by atoms with van der Waals surface area (Å²) in [5, 5.41) is 9.90. The lowest BCUT2D eigenvalue weighted by molar-refractivity contribution is 0.0488. The molecule has 1 aromatic carbocycles. The number of carbonyl (C=O) groups excluding carboxylic acids is 2. The van der Waals surface area contributed by atoms with Gasteiger partial charge in [-0.1, -0.05) is 19.8 Å². The van der Waals surface area contributed by atoms with Crippen LogP contribution in [0.5, 0.6) is 0 Å². The fraction of sp³-hybridized carbons (Fsp3) is 0.647. The number of amides is 2. The van der Waals surface area contributed by atoms with E-state index in [1.165, 1.54) is 31.6 Å². The Balaban J connectivity index is 1.26. The fourth-order valence-electron chi connectivity index (χ4n) is 6.77. The van der Waals surface area contributed by atoms with Crippen molar-refractivity contribution in [2.75, 3.05) is 61.8 Å². The normalized spacial score (nSPS) is 21.9. The van der Waals surface area contributed by atoms with E-state index >= 15 is 0 Å². The van der Waals surface area contributed by atoms with E-state index in [1.807, 2.05) is 39.8 Å². The molecule has 12 heteroatoms. The van der Waals surface area contributed by atoms with E-state index in [4.69, 9.17) is 15.5 Å². The van der Waals surface area contributed by atoms with Crippen molar-refractivity contribution >= 4 is 35.0 Å². The van der Waals surface area contributed by atoms with Crippen LogP contribution in [0.1, 0.15) is 82.4 Å². The number of primary amides is 1. The Kier molecular flexibility index (Phi) is 10.9. The lowest BCUT2D eigenvalue weighted by atomic mass is 9.90. The number of hydrogen-bond acceptors (Lipinski definition) is 10. The minimum Gasteiger partial charge on any atom is -0.444 e. The number of anilines is 4. The van der Waals surface area contributed by atoms with Crippen LogP contribution in [0.2, 0.25) is 0 Å². The summed E-state index contributed by atoms with van der Waals surface area (Å²) in [5.41, 5.74) is 7.93. The molecule has 3 fully saturated rings. The number of ether oxygens (including phenoxy) is 1. The topological polar surface area (TPSA) is 141 Å². The van der Waals surface area contributed by atoms with Crippen LogP contribution in [-0.2, 0) is 11.2 Å². The Morgan fingerprint density at radius 1 is 0.913 bits per heavy atom. The number of alkyl carbamates (subject to hydrolysis) is 1. The monoisotopic (exact) mass is 635 g/mol. The summed E-state index contributed by atoms with van der Waals surface area (Å²) in [4.78, 5) is 42.1. The van der Waals surface area contributed by atoms with Crippen molar-refractivity contribution in [1.29, 1.82) is 0 Å². The summed E-state index contributed by atoms with van der Waals surface area (Å²) in [6.45, 7) is 14.3. The van der Waals surface area contributed by atoms with Crippen LogP contribution < -0.4 is 26.6 Å². The highest BCUT2D eigenvalue weighted by Crippen LogP contribution is 2.29. The molecule has 2 aromatic rings. The van der Waals surface area contributed by atoms with Gasteiger partial charge in [0.2, 0.25) is 0 Å². The van der Waals surface area contributed by atoms with Crippen molar-refractivity contribution < 1.29 is 14.3 Å². The van der Waals surface area contributed by atoms with E-state index in [-0.39, 0.29) is 17.8 Å². The Bertz CT molecular complexity index is 1330. The summed E-state index contributed by atoms with van der Waals surface area (Å²) in [6, 6.07) is 8.74. The lowest BCUT2D eigenvalue weighted by Gasteiger charge is -2.42. The van der Waals surface area contributed by atoms with Gasteiger partial charge in [-0.2, -0.15) is 0 Å². The molecule has 2 atom stereocenters. The summed E-state index contributed by atoms with van der Waals surface area (Å²) < 4.78 is 5.52. The van der Waals surface area contributed by atoms with Crippen LogP contribution >= 0.6 is 0 Å². The van der Waals surface area contributed by atoms with Gasteiger partial charge in [-0.25, -0.2) is 14.8 Å². The van der Waals surface area contributed by atoms with Gasteiger partial charge < -0.3 is 36.2 Å². The molecular formula is C34H53N9O3. The number of piperidine rings is 1. The first kappa shape index (κ1) is 33.7. The number of aryl methyl sites for hydroxylation is 1. The third-order valence-corrected chi connectivity index (χ3v) is 9.34. The first-order chi connectivity index (χ1) is 22.0. The highest BCUT2D eigenvalue weighted by Gasteiger charge is 2.30. The van der Waals surface area contributed by atoms with Crippen molar-refractivity contribution in [3.05, 3.63) is 35.7 Å². The van der Waals surface area contributed by atoms with E-state index < -0.39 is 17.6 Å². The van der Waals surface area contributed by atoms with E-state index in [9.17, 15) is 9.59 Å². The second-order valence-corrected chi connectivity index (χ2v) is 14.0. The Hall–Kier alpha value is -3.64. The maximum atomic E-state index is 12.6. The average Bonchev–Trinajstić information content (AvgIpc) is 3.02. The molecule has 5 rings (SSSR count). The Morgan fingerprint density at radius 2 is 1.57 bits per heavy atom. The highest BCUT2D eigenvalue weighted by molar-refractivity contribution is 5.96. The van der Waals surface area contributed by atoms with E-state index in [1.54, 1.807) is 0 Å². The zero-order chi connectivity index (χ0) is 32.8. The maximum Gasteiger partial charge on any atom is 0.407 e. The standard InChI is InChI=1S/C34H53N9O3/c1-6-26-31(38-27-9-7-8-10-28(27)39-33(45)46-34(2,3)4)40-32(29(37-26)30(35)44)36-23-11-13-24(14-12-23)42-17-15-25(16-18-42)43-21-19-41(5)20-22-43/h11-14,25,27-28H,6-10,15-22H2,1-5H3,(H2,35,44)(H,39,45)(H2,36,38,40)/t27-,28+/m1/s1. The van der Waals surface area contributed by atoms with Crippen molar-refractivity contribution in [3.63, 3.8) is 0 Å². The third kappa shape index (κ3) is 8.79. The van der Waals surface area contributed by atoms with Gasteiger partial charge in [0.05, 0.1) is 11.7 Å². The minimum atomic E-state index is -0.641. The molecular weight excluding hydrogens is 582 g/mol. The molecule has 2 aliphatic heterocycles. The van der Waals surface area contributed by atoms with Crippen LogP contribution in [0.4, 0.5) is 27.8 Å². The predicted molar refractivity (Wildman–Crippen MR) is 183 cm³/mol. The summed E-state index contributed by atoms with van der Waals surface area (Å²) in [5.74, 6) is 0.247. The number of likely N-dealkylation sites (N-methyl/N-ethyl adjacent to an activating group) is 1. The van der Waals surface area contributed by atoms with Crippen molar-refractivity contribution in [2.45, 2.75) is 96.4 Å². The number of piperazine rings is 1. The van der Waals surface area contributed by atoms with E-state index in [0.717, 1.165) is 57.5 Å². The number of hydrogen-bond donors (Lipinski definition) is 4. The Morgan fingerprint density at radius 3 is 2.17 bits per heavy atom. The molecule has 252 valence electrons. The van der Waals surface area contributed by atoms with Crippen LogP contribution in [0, 0.1) is 0 Å². The first-order valence-electron chi connectivity index (χ1n) is 17.0. The van der Waals surface area contributed by atoms with Crippen LogP contribution in [0.25, 0.3) is 0 Å². The van der Waals surface area contributed by atoms with Crippen LogP contribution in [0.15, 0.2) is 24.3 Å². The molecule has 1 saturated carbocycles. The largest absolute Gasteiger partial charge is 0.444 e. The smallest absolute Gasteiger partial charge is 0.407 e. The number of nitrogens with one attached hydrogen (secondary N) is 3. The molecule has 0 radical (unpaired) electrons. The van der Waals surface area contributed by atoms with Crippen molar-refractivity contribution in [2.24, 2.45) is 5.73 Å². The summed E-state index contributed by atoms with van der Waals surface area (Å²) in [6.07, 6.45) is 6.23. The van der Waals surface area contributed by atoms with Crippen LogP contribution in [0.3, 0.4) is 0 Å². The lowest BCUT2D eigenvalue weighted by Crippen LogP contribution is -2.52. The van der Waals surface area contributed by atoms with Crippen molar-refractivity contribution in [3.8, 4) is 0 Å². The van der Waals surface area contributed by atoms with Gasteiger partial charge in [0.15, 0.2) is 17.3 Å². The average molecular weight is 636 g/mol. The molecule has 2 amide bonds. The molecule has 2 saturated heterocycles. The number of carbonyl (C=O) groups is 2. The number of aromatic nitrogens is 2. The number of nitrogens with zero attached hydrogens (tertiary/aromatic N) is 5. The van der Waals surface area contributed by atoms with Crippen LogP contribution in [-0.4, -0.2) is 102 Å². The molecule has 1 aromatic heterocycles. The summed E-state index contributed by atoms with van der Waals surface area (Å²) in [7, 11) is 2.20. The quantitative estimate of drug-likeness (QED) is 0.314. The van der Waals surface area contributed by atoms with Gasteiger partial charge in [-0.05, 0) is 84.2 Å². The third-order valence-electron chi connectivity index (χ3n) is 9.34. The number of rotatable bonds is 9. The molecule has 0 bridgehead atoms. The highest BCUT2D eigenvalue weighted by atomic mass is 16.6. The second-order valence-electron chi connectivity index (χ2n) is 14.0. The number of benzene rings is 1. The van der Waals surface area contributed by atoms with Gasteiger partial charge in [0.25, 0.3) is 5.91 Å². The van der Waals surface area contributed by atoms with Gasteiger partial charge >= 0.3 is 6.09 Å². The zero-order valence-electron chi connectivity index (χ0n) is 28.3. The van der Waals surface area contributed by atoms with Gasteiger partial charge in [-0.3, -0.25) is 9.69 Å². The molecule has 5 N–H and O–H groups in total. The molecule has 3 heterocycles. The molecule has 0 unspecified atom stereocenters. The second kappa shape index (κ2) is 14.8. The van der Waals surface area contributed by atoms with Gasteiger partial charge in [-0.15, -0.1) is 0 Å². The Labute approximate surface area is 273 Å². The number of nitrogens with two attached hydrogens (primary N) is 1. The molecule has 1 aliphatic carbocycles. The molecule has 46 heavy (non-hydrogen) atoms. The van der Waals surface area contributed by atoms with E-state index in [2.05, 4.69) is 54.8 Å².